The SMILES string of the molecule is CCC(C)C(C)NCC(=O)N1CCN(C)CC1. The van der Waals surface area contributed by atoms with Crippen molar-refractivity contribution in [3.05, 3.63) is 0 Å². The average Bonchev–Trinajstić information content (AvgIpc) is 2.35. The van der Waals surface area contributed by atoms with Crippen LogP contribution in [0.5, 0.6) is 0 Å². The number of likely N-dealkylation sites (N-methyl/N-ethyl adjacent to an activating group) is 1. The van der Waals surface area contributed by atoms with E-state index in [9.17, 15) is 4.79 Å². The normalized spacial score (nSPS) is 21.3. The number of amides is 1. The first-order valence-corrected chi connectivity index (χ1v) is 6.74. The number of nitrogens with zero attached hydrogens (tertiary/aromatic N) is 2. The van der Waals surface area contributed by atoms with Crippen LogP contribution in [-0.2, 0) is 4.79 Å². The van der Waals surface area contributed by atoms with Crippen LogP contribution in [0, 0.1) is 5.92 Å². The van der Waals surface area contributed by atoms with E-state index in [0.29, 0.717) is 18.5 Å². The van der Waals surface area contributed by atoms with Gasteiger partial charge in [0.25, 0.3) is 0 Å². The van der Waals surface area contributed by atoms with Crippen LogP contribution in [-0.4, -0.2) is 61.5 Å². The maximum absolute atomic E-state index is 12.0. The number of rotatable bonds is 5. The minimum atomic E-state index is 0.244. The molecular weight excluding hydrogens is 214 g/mol. The van der Waals surface area contributed by atoms with Crippen LogP contribution in [0.15, 0.2) is 0 Å². The summed E-state index contributed by atoms with van der Waals surface area (Å²) >= 11 is 0. The maximum atomic E-state index is 12.0. The number of carbonyl (C=O) groups excluding carboxylic acids is 1. The zero-order valence-electron chi connectivity index (χ0n) is 11.7. The van der Waals surface area contributed by atoms with Crippen LogP contribution in [0.3, 0.4) is 0 Å². The van der Waals surface area contributed by atoms with Gasteiger partial charge in [0.15, 0.2) is 0 Å². The highest BCUT2D eigenvalue weighted by Gasteiger charge is 2.19. The Morgan fingerprint density at radius 2 is 1.82 bits per heavy atom. The molecule has 1 aliphatic rings. The van der Waals surface area contributed by atoms with Gasteiger partial charge in [-0.25, -0.2) is 0 Å². The van der Waals surface area contributed by atoms with Crippen LogP contribution >= 0.6 is 0 Å². The lowest BCUT2D eigenvalue weighted by atomic mass is 10.0. The van der Waals surface area contributed by atoms with Crippen molar-refractivity contribution in [1.82, 2.24) is 15.1 Å². The molecule has 1 saturated heterocycles. The van der Waals surface area contributed by atoms with E-state index >= 15 is 0 Å². The molecule has 0 aliphatic carbocycles. The molecule has 1 N–H and O–H groups in total. The van der Waals surface area contributed by atoms with Crippen molar-refractivity contribution in [2.24, 2.45) is 5.92 Å². The molecule has 17 heavy (non-hydrogen) atoms. The topological polar surface area (TPSA) is 35.6 Å². The number of hydrogen-bond donors (Lipinski definition) is 1. The van der Waals surface area contributed by atoms with E-state index in [1.165, 1.54) is 0 Å². The van der Waals surface area contributed by atoms with E-state index in [2.05, 4.69) is 38.0 Å². The monoisotopic (exact) mass is 241 g/mol. The second kappa shape index (κ2) is 6.97. The Bertz CT molecular complexity index is 237. The smallest absolute Gasteiger partial charge is 0.236 e. The summed E-state index contributed by atoms with van der Waals surface area (Å²) in [5, 5.41) is 3.34. The summed E-state index contributed by atoms with van der Waals surface area (Å²) in [6.07, 6.45) is 1.15. The number of piperazine rings is 1. The third-order valence-electron chi connectivity index (χ3n) is 3.93. The summed E-state index contributed by atoms with van der Waals surface area (Å²) < 4.78 is 0. The van der Waals surface area contributed by atoms with Gasteiger partial charge >= 0.3 is 0 Å². The van der Waals surface area contributed by atoms with E-state index in [0.717, 1.165) is 32.6 Å². The lowest BCUT2D eigenvalue weighted by Crippen LogP contribution is -2.50. The Kier molecular flexibility index (Phi) is 5.92. The van der Waals surface area contributed by atoms with Crippen LogP contribution < -0.4 is 5.32 Å². The zero-order valence-corrected chi connectivity index (χ0v) is 11.7. The quantitative estimate of drug-likeness (QED) is 0.773. The van der Waals surface area contributed by atoms with Gasteiger partial charge in [-0.1, -0.05) is 20.3 Å². The predicted molar refractivity (Wildman–Crippen MR) is 71.0 cm³/mol. The summed E-state index contributed by atoms with van der Waals surface area (Å²) in [4.78, 5) is 16.2. The molecule has 0 aromatic rings. The summed E-state index contributed by atoms with van der Waals surface area (Å²) in [6, 6.07) is 0.413. The molecule has 1 fully saturated rings. The van der Waals surface area contributed by atoms with Crippen LogP contribution in [0.2, 0.25) is 0 Å². The number of nitrogens with one attached hydrogen (secondary N) is 1. The molecule has 0 bridgehead atoms. The van der Waals surface area contributed by atoms with Crippen molar-refractivity contribution in [3.8, 4) is 0 Å². The van der Waals surface area contributed by atoms with Crippen molar-refractivity contribution < 1.29 is 4.79 Å². The van der Waals surface area contributed by atoms with Crippen molar-refractivity contribution >= 4 is 5.91 Å². The van der Waals surface area contributed by atoms with Gasteiger partial charge in [0.1, 0.15) is 0 Å². The highest BCUT2D eigenvalue weighted by molar-refractivity contribution is 5.78. The van der Waals surface area contributed by atoms with Crippen molar-refractivity contribution in [1.29, 1.82) is 0 Å². The van der Waals surface area contributed by atoms with E-state index < -0.39 is 0 Å². The minimum absolute atomic E-state index is 0.244. The summed E-state index contributed by atoms with van der Waals surface area (Å²) in [5.41, 5.74) is 0. The molecule has 4 heteroatoms. The summed E-state index contributed by atoms with van der Waals surface area (Å²) in [6.45, 7) is 10.8. The molecule has 2 atom stereocenters. The zero-order chi connectivity index (χ0) is 12.8. The third kappa shape index (κ3) is 4.64. The highest BCUT2D eigenvalue weighted by Crippen LogP contribution is 2.06. The number of carbonyl (C=O) groups is 1. The first kappa shape index (κ1) is 14.5. The first-order valence-electron chi connectivity index (χ1n) is 6.74. The van der Waals surface area contributed by atoms with Gasteiger partial charge in [0, 0.05) is 32.2 Å². The van der Waals surface area contributed by atoms with Gasteiger partial charge in [-0.05, 0) is 19.9 Å². The van der Waals surface area contributed by atoms with Gasteiger partial charge in [0.05, 0.1) is 6.54 Å². The van der Waals surface area contributed by atoms with Gasteiger partial charge in [-0.2, -0.15) is 0 Å². The minimum Gasteiger partial charge on any atom is -0.339 e. The summed E-state index contributed by atoms with van der Waals surface area (Å²) in [5.74, 6) is 0.864. The van der Waals surface area contributed by atoms with Gasteiger partial charge in [-0.3, -0.25) is 4.79 Å². The predicted octanol–water partition coefficient (Wildman–Crippen LogP) is 0.785. The lowest BCUT2D eigenvalue weighted by Gasteiger charge is -2.33. The Labute approximate surface area is 105 Å². The average molecular weight is 241 g/mol. The van der Waals surface area contributed by atoms with Gasteiger partial charge in [-0.15, -0.1) is 0 Å². The fourth-order valence-corrected chi connectivity index (χ4v) is 1.97. The third-order valence-corrected chi connectivity index (χ3v) is 3.93. The largest absolute Gasteiger partial charge is 0.339 e. The Morgan fingerprint density at radius 3 is 2.35 bits per heavy atom. The molecule has 0 radical (unpaired) electrons. The Morgan fingerprint density at radius 1 is 1.24 bits per heavy atom. The molecule has 2 unspecified atom stereocenters. The van der Waals surface area contributed by atoms with Crippen LogP contribution in [0.25, 0.3) is 0 Å². The molecule has 1 aliphatic heterocycles. The highest BCUT2D eigenvalue weighted by atomic mass is 16.2. The molecule has 100 valence electrons. The fraction of sp³-hybridized carbons (Fsp3) is 0.923. The second-order valence-corrected chi connectivity index (χ2v) is 5.24. The Hall–Kier alpha value is -0.610. The molecule has 4 nitrogen and oxygen atoms in total. The molecule has 0 saturated carbocycles. The molecule has 0 aromatic heterocycles. The second-order valence-electron chi connectivity index (χ2n) is 5.24. The molecular formula is C13H27N3O. The fourth-order valence-electron chi connectivity index (χ4n) is 1.97. The van der Waals surface area contributed by atoms with E-state index in [1.54, 1.807) is 0 Å². The lowest BCUT2D eigenvalue weighted by molar-refractivity contribution is -0.131. The van der Waals surface area contributed by atoms with Gasteiger partial charge < -0.3 is 15.1 Å². The van der Waals surface area contributed by atoms with Crippen molar-refractivity contribution in [2.75, 3.05) is 39.8 Å². The Balaban J connectivity index is 2.25. The van der Waals surface area contributed by atoms with E-state index in [-0.39, 0.29) is 5.91 Å². The van der Waals surface area contributed by atoms with Crippen LogP contribution in [0.4, 0.5) is 0 Å². The van der Waals surface area contributed by atoms with E-state index in [1.807, 2.05) is 4.90 Å². The molecule has 0 spiro atoms. The maximum Gasteiger partial charge on any atom is 0.236 e. The van der Waals surface area contributed by atoms with Crippen molar-refractivity contribution in [2.45, 2.75) is 33.2 Å². The molecule has 1 amide bonds. The summed E-state index contributed by atoms with van der Waals surface area (Å²) in [7, 11) is 2.10. The standard InChI is InChI=1S/C13H27N3O/c1-5-11(2)12(3)14-10-13(17)16-8-6-15(4)7-9-16/h11-12,14H,5-10H2,1-4H3. The van der Waals surface area contributed by atoms with Crippen molar-refractivity contribution in [3.63, 3.8) is 0 Å². The molecule has 0 aromatic carbocycles. The first-order chi connectivity index (χ1) is 8.04. The molecule has 1 heterocycles. The van der Waals surface area contributed by atoms with Crippen LogP contribution in [0.1, 0.15) is 27.2 Å². The molecule has 1 rings (SSSR count). The number of hydrogen-bond acceptors (Lipinski definition) is 3. The van der Waals surface area contributed by atoms with Gasteiger partial charge in [0.2, 0.25) is 5.91 Å². The van der Waals surface area contributed by atoms with E-state index in [4.69, 9.17) is 0 Å².